The Kier molecular flexibility index (Phi) is 5.80. The summed E-state index contributed by atoms with van der Waals surface area (Å²) in [6, 6.07) is 0.281. The van der Waals surface area contributed by atoms with Gasteiger partial charge in [0.05, 0.1) is 5.54 Å². The lowest BCUT2D eigenvalue weighted by Crippen LogP contribution is -2.55. The van der Waals surface area contributed by atoms with Crippen molar-refractivity contribution >= 4 is 17.7 Å². The highest BCUT2D eigenvalue weighted by molar-refractivity contribution is 7.99. The van der Waals surface area contributed by atoms with Gasteiger partial charge in [0.1, 0.15) is 0 Å². The lowest BCUT2D eigenvalue weighted by atomic mass is 9.97. The van der Waals surface area contributed by atoms with Gasteiger partial charge in [0.2, 0.25) is 5.91 Å². The molecule has 0 aromatic heterocycles. The Morgan fingerprint density at radius 2 is 2.06 bits per heavy atom. The van der Waals surface area contributed by atoms with Crippen LogP contribution >= 0.6 is 11.8 Å². The monoisotopic (exact) mass is 258 g/mol. The zero-order chi connectivity index (χ0) is 12.9. The smallest absolute Gasteiger partial charge is 0.237 e. The third-order valence-corrected chi connectivity index (χ3v) is 4.79. The van der Waals surface area contributed by atoms with Gasteiger partial charge in [0.25, 0.3) is 0 Å². The van der Waals surface area contributed by atoms with E-state index in [0.29, 0.717) is 0 Å². The van der Waals surface area contributed by atoms with Crippen molar-refractivity contribution in [3.05, 3.63) is 0 Å². The number of carbonyl (C=O) groups is 1. The summed E-state index contributed by atoms with van der Waals surface area (Å²) in [4.78, 5) is 11.5. The molecule has 1 amide bonds. The number of hydrogen-bond acceptors (Lipinski definition) is 3. The van der Waals surface area contributed by atoms with Gasteiger partial charge < -0.3 is 11.1 Å². The van der Waals surface area contributed by atoms with Crippen molar-refractivity contribution in [3.63, 3.8) is 0 Å². The van der Waals surface area contributed by atoms with E-state index < -0.39 is 5.54 Å². The third-order valence-electron chi connectivity index (χ3n) is 3.41. The first-order valence-electron chi connectivity index (χ1n) is 6.63. The van der Waals surface area contributed by atoms with Gasteiger partial charge >= 0.3 is 0 Å². The quantitative estimate of drug-likeness (QED) is 0.736. The van der Waals surface area contributed by atoms with E-state index in [4.69, 9.17) is 5.73 Å². The molecule has 0 aromatic carbocycles. The lowest BCUT2D eigenvalue weighted by molar-refractivity contribution is -0.124. The number of hydrogen-bond donors (Lipinski definition) is 2. The number of nitrogens with two attached hydrogens (primary N) is 1. The summed E-state index contributed by atoms with van der Waals surface area (Å²) in [5.74, 6) is 0.780. The summed E-state index contributed by atoms with van der Waals surface area (Å²) in [6.07, 6.45) is 6.25. The van der Waals surface area contributed by atoms with Crippen LogP contribution in [0, 0.1) is 0 Å². The normalized spacial score (nSPS) is 20.7. The second-order valence-corrected chi connectivity index (χ2v) is 6.93. The molecule has 1 unspecified atom stereocenters. The van der Waals surface area contributed by atoms with Crippen LogP contribution in [0.15, 0.2) is 0 Å². The number of nitrogens with one attached hydrogen (secondary N) is 1. The van der Waals surface area contributed by atoms with Crippen LogP contribution in [0.2, 0.25) is 0 Å². The van der Waals surface area contributed by atoms with Crippen molar-refractivity contribution in [2.45, 2.75) is 69.7 Å². The standard InChI is InChI=1S/C13H26N2OS/c1-10(2)15-13(3,12(14)16)8-9-17-11-6-4-5-7-11/h10-11,15H,4-9H2,1-3H3,(H2,14,16). The molecule has 4 heteroatoms. The van der Waals surface area contributed by atoms with Crippen LogP contribution in [0.3, 0.4) is 0 Å². The van der Waals surface area contributed by atoms with E-state index in [1.807, 2.05) is 32.5 Å². The van der Waals surface area contributed by atoms with E-state index in [1.54, 1.807) is 0 Å². The minimum Gasteiger partial charge on any atom is -0.368 e. The van der Waals surface area contributed by atoms with Gasteiger partial charge in [0, 0.05) is 11.3 Å². The maximum Gasteiger partial charge on any atom is 0.237 e. The number of rotatable bonds is 7. The molecule has 100 valence electrons. The van der Waals surface area contributed by atoms with E-state index in [2.05, 4.69) is 5.32 Å². The van der Waals surface area contributed by atoms with Crippen LogP contribution < -0.4 is 11.1 Å². The first-order chi connectivity index (χ1) is 7.94. The predicted octanol–water partition coefficient (Wildman–Crippen LogP) is 2.29. The molecule has 17 heavy (non-hydrogen) atoms. The average molecular weight is 258 g/mol. The molecule has 3 N–H and O–H groups in total. The van der Waals surface area contributed by atoms with E-state index in [0.717, 1.165) is 17.4 Å². The number of amides is 1. The molecule has 1 atom stereocenters. The van der Waals surface area contributed by atoms with Gasteiger partial charge in [-0.1, -0.05) is 12.8 Å². The Morgan fingerprint density at radius 3 is 2.53 bits per heavy atom. The van der Waals surface area contributed by atoms with Crippen molar-refractivity contribution in [2.24, 2.45) is 5.73 Å². The maximum atomic E-state index is 11.5. The SMILES string of the molecule is CC(C)NC(C)(CCSC1CCCC1)C(N)=O. The van der Waals surface area contributed by atoms with E-state index in [1.165, 1.54) is 25.7 Å². The molecule has 0 aliphatic heterocycles. The summed E-state index contributed by atoms with van der Waals surface area (Å²) in [7, 11) is 0. The predicted molar refractivity (Wildman–Crippen MR) is 75.2 cm³/mol. The summed E-state index contributed by atoms with van der Waals surface area (Å²) in [5, 5.41) is 4.10. The largest absolute Gasteiger partial charge is 0.368 e. The fourth-order valence-electron chi connectivity index (χ4n) is 2.39. The Morgan fingerprint density at radius 1 is 1.47 bits per heavy atom. The zero-order valence-corrected chi connectivity index (χ0v) is 12.1. The number of primary amides is 1. The Bertz CT molecular complexity index is 252. The van der Waals surface area contributed by atoms with Crippen molar-refractivity contribution in [3.8, 4) is 0 Å². The van der Waals surface area contributed by atoms with Gasteiger partial charge in [-0.15, -0.1) is 0 Å². The summed E-state index contributed by atoms with van der Waals surface area (Å²) in [5.41, 5.74) is 4.95. The Hall–Kier alpha value is -0.220. The molecule has 3 nitrogen and oxygen atoms in total. The van der Waals surface area contributed by atoms with E-state index in [-0.39, 0.29) is 11.9 Å². The first kappa shape index (κ1) is 14.8. The molecule has 1 aliphatic carbocycles. The fourth-order valence-corrected chi connectivity index (χ4v) is 3.91. The molecule has 1 rings (SSSR count). The maximum absolute atomic E-state index is 11.5. The zero-order valence-electron chi connectivity index (χ0n) is 11.3. The van der Waals surface area contributed by atoms with Crippen molar-refractivity contribution < 1.29 is 4.79 Å². The average Bonchev–Trinajstić information content (AvgIpc) is 2.69. The Balaban J connectivity index is 2.35. The minimum atomic E-state index is -0.556. The molecular formula is C13H26N2OS. The van der Waals surface area contributed by atoms with Crippen LogP contribution in [-0.4, -0.2) is 28.5 Å². The second kappa shape index (κ2) is 6.64. The van der Waals surface area contributed by atoms with Gasteiger partial charge in [0.15, 0.2) is 0 Å². The highest BCUT2D eigenvalue weighted by Gasteiger charge is 2.31. The molecule has 1 fully saturated rings. The van der Waals surface area contributed by atoms with Crippen LogP contribution in [-0.2, 0) is 4.79 Å². The molecule has 0 bridgehead atoms. The fraction of sp³-hybridized carbons (Fsp3) is 0.923. The van der Waals surface area contributed by atoms with Crippen molar-refractivity contribution in [2.75, 3.05) is 5.75 Å². The second-order valence-electron chi connectivity index (χ2n) is 5.52. The molecule has 0 aromatic rings. The Labute approximate surface area is 109 Å². The van der Waals surface area contributed by atoms with Crippen LogP contribution in [0.4, 0.5) is 0 Å². The summed E-state index contributed by atoms with van der Waals surface area (Å²) in [6.45, 7) is 6.02. The van der Waals surface area contributed by atoms with Gasteiger partial charge in [-0.05, 0) is 45.8 Å². The molecule has 0 saturated heterocycles. The molecule has 1 aliphatic rings. The molecule has 1 saturated carbocycles. The third kappa shape index (κ3) is 4.88. The molecule has 0 heterocycles. The highest BCUT2D eigenvalue weighted by Crippen LogP contribution is 2.30. The molecule has 0 spiro atoms. The van der Waals surface area contributed by atoms with Crippen molar-refractivity contribution in [1.82, 2.24) is 5.32 Å². The van der Waals surface area contributed by atoms with Gasteiger partial charge in [-0.3, -0.25) is 4.79 Å². The van der Waals surface area contributed by atoms with Crippen LogP contribution in [0.25, 0.3) is 0 Å². The first-order valence-corrected chi connectivity index (χ1v) is 7.68. The lowest BCUT2D eigenvalue weighted by Gasteiger charge is -2.30. The topological polar surface area (TPSA) is 55.1 Å². The van der Waals surface area contributed by atoms with Crippen LogP contribution in [0.1, 0.15) is 52.9 Å². The number of thioether (sulfide) groups is 1. The van der Waals surface area contributed by atoms with Gasteiger partial charge in [-0.2, -0.15) is 11.8 Å². The number of carbonyl (C=O) groups excluding carboxylic acids is 1. The molecule has 0 radical (unpaired) electrons. The van der Waals surface area contributed by atoms with E-state index >= 15 is 0 Å². The molecular weight excluding hydrogens is 232 g/mol. The summed E-state index contributed by atoms with van der Waals surface area (Å²) >= 11 is 2.01. The highest BCUT2D eigenvalue weighted by atomic mass is 32.2. The van der Waals surface area contributed by atoms with Crippen LogP contribution in [0.5, 0.6) is 0 Å². The summed E-state index contributed by atoms with van der Waals surface area (Å²) < 4.78 is 0. The van der Waals surface area contributed by atoms with Gasteiger partial charge in [-0.25, -0.2) is 0 Å². The minimum absolute atomic E-state index is 0.238. The van der Waals surface area contributed by atoms with Crippen molar-refractivity contribution in [1.29, 1.82) is 0 Å². The van der Waals surface area contributed by atoms with E-state index in [9.17, 15) is 4.79 Å².